The van der Waals surface area contributed by atoms with E-state index in [0.717, 1.165) is 5.69 Å². The summed E-state index contributed by atoms with van der Waals surface area (Å²) in [7, 11) is 0. The van der Waals surface area contributed by atoms with Crippen molar-refractivity contribution in [1.82, 2.24) is 9.88 Å². The molecule has 2 aromatic rings. The van der Waals surface area contributed by atoms with E-state index < -0.39 is 6.23 Å². The van der Waals surface area contributed by atoms with Gasteiger partial charge in [0.1, 0.15) is 4.88 Å². The van der Waals surface area contributed by atoms with Gasteiger partial charge in [0.2, 0.25) is 0 Å². The van der Waals surface area contributed by atoms with Crippen molar-refractivity contribution < 1.29 is 9.90 Å². The summed E-state index contributed by atoms with van der Waals surface area (Å²) in [6.45, 7) is 0. The Morgan fingerprint density at radius 1 is 1.47 bits per heavy atom. The first-order chi connectivity index (χ1) is 7.27. The summed E-state index contributed by atoms with van der Waals surface area (Å²) in [5.41, 5.74) is 1.51. The van der Waals surface area contributed by atoms with Crippen LogP contribution in [0.15, 0.2) is 29.8 Å². The van der Waals surface area contributed by atoms with E-state index in [-0.39, 0.29) is 5.91 Å². The fraction of sp³-hybridized carbons (Fsp3) is 0.100. The molecule has 0 fully saturated rings. The van der Waals surface area contributed by atoms with Gasteiger partial charge in [-0.05, 0) is 23.6 Å². The van der Waals surface area contributed by atoms with Gasteiger partial charge in [0.05, 0.1) is 11.4 Å². The van der Waals surface area contributed by atoms with Crippen molar-refractivity contribution in [3.63, 3.8) is 0 Å². The van der Waals surface area contributed by atoms with Crippen LogP contribution in [0.2, 0.25) is 0 Å². The molecule has 2 aromatic heterocycles. The van der Waals surface area contributed by atoms with Gasteiger partial charge in [-0.25, -0.2) is 0 Å². The largest absolute Gasteiger partial charge is 0.368 e. The molecule has 15 heavy (non-hydrogen) atoms. The molecule has 76 valence electrons. The second-order valence-electron chi connectivity index (χ2n) is 3.31. The molecule has 4 nitrogen and oxygen atoms in total. The quantitative estimate of drug-likeness (QED) is 0.702. The fourth-order valence-corrected chi connectivity index (χ4v) is 2.55. The average molecular weight is 220 g/mol. The van der Waals surface area contributed by atoms with E-state index in [9.17, 15) is 9.90 Å². The SMILES string of the molecule is O=C1NC(O)c2cccn2-c2ccsc21. The Kier molecular flexibility index (Phi) is 1.71. The highest BCUT2D eigenvalue weighted by Crippen LogP contribution is 2.28. The van der Waals surface area contributed by atoms with E-state index in [4.69, 9.17) is 0 Å². The number of fused-ring (bicyclic) bond motifs is 3. The lowest BCUT2D eigenvalue weighted by Gasteiger charge is -2.09. The third-order valence-corrected chi connectivity index (χ3v) is 3.34. The standard InChI is InChI=1S/C10H8N2O2S/c13-9-7-2-1-4-12(7)6-3-5-15-8(6)10(14)11-9/h1-5,9,13H,(H,11,14). The molecule has 0 saturated carbocycles. The van der Waals surface area contributed by atoms with E-state index in [1.54, 1.807) is 6.07 Å². The van der Waals surface area contributed by atoms with E-state index in [1.807, 2.05) is 28.3 Å². The van der Waals surface area contributed by atoms with Gasteiger partial charge < -0.3 is 15.0 Å². The number of hydrogen-bond acceptors (Lipinski definition) is 3. The van der Waals surface area contributed by atoms with E-state index in [1.165, 1.54) is 11.3 Å². The number of thiophene rings is 1. The molecular formula is C10H8N2O2S. The summed E-state index contributed by atoms with van der Waals surface area (Å²) in [5, 5.41) is 14.1. The third kappa shape index (κ3) is 1.14. The van der Waals surface area contributed by atoms with Crippen LogP contribution in [0.3, 0.4) is 0 Å². The van der Waals surface area contributed by atoms with E-state index >= 15 is 0 Å². The smallest absolute Gasteiger partial charge is 0.265 e. The molecular weight excluding hydrogens is 212 g/mol. The highest BCUT2D eigenvalue weighted by atomic mass is 32.1. The predicted molar refractivity (Wildman–Crippen MR) is 56.1 cm³/mol. The van der Waals surface area contributed by atoms with Crippen LogP contribution in [0.5, 0.6) is 0 Å². The Morgan fingerprint density at radius 2 is 2.33 bits per heavy atom. The van der Waals surface area contributed by atoms with Gasteiger partial charge in [-0.1, -0.05) is 0 Å². The molecule has 5 heteroatoms. The third-order valence-electron chi connectivity index (χ3n) is 2.44. The van der Waals surface area contributed by atoms with Crippen molar-refractivity contribution in [2.75, 3.05) is 0 Å². The van der Waals surface area contributed by atoms with Crippen LogP contribution >= 0.6 is 11.3 Å². The number of aliphatic hydroxyl groups is 1. The molecule has 2 N–H and O–H groups in total. The predicted octanol–water partition coefficient (Wildman–Crippen LogP) is 1.27. The number of hydrogen-bond donors (Lipinski definition) is 2. The minimum Gasteiger partial charge on any atom is -0.368 e. The lowest BCUT2D eigenvalue weighted by Crippen LogP contribution is -2.26. The number of amides is 1. The molecule has 1 unspecified atom stereocenters. The Morgan fingerprint density at radius 3 is 3.20 bits per heavy atom. The zero-order valence-electron chi connectivity index (χ0n) is 7.68. The maximum Gasteiger partial charge on any atom is 0.265 e. The summed E-state index contributed by atoms with van der Waals surface area (Å²) < 4.78 is 1.83. The molecule has 0 radical (unpaired) electrons. The molecule has 0 aliphatic carbocycles. The molecule has 3 heterocycles. The number of carbonyl (C=O) groups excluding carboxylic acids is 1. The number of nitrogens with one attached hydrogen (secondary N) is 1. The van der Waals surface area contributed by atoms with Gasteiger partial charge in [-0.2, -0.15) is 0 Å². The Bertz CT molecular complexity index is 529. The van der Waals surface area contributed by atoms with Crippen LogP contribution in [0.1, 0.15) is 21.6 Å². The van der Waals surface area contributed by atoms with Crippen molar-refractivity contribution in [1.29, 1.82) is 0 Å². The minimum absolute atomic E-state index is 0.226. The zero-order chi connectivity index (χ0) is 10.4. The molecule has 1 amide bonds. The maximum atomic E-state index is 11.7. The molecule has 1 atom stereocenters. The molecule has 1 aliphatic heterocycles. The van der Waals surface area contributed by atoms with Crippen LogP contribution in [0.4, 0.5) is 0 Å². The lowest BCUT2D eigenvalue weighted by molar-refractivity contribution is 0.0786. The fourth-order valence-electron chi connectivity index (χ4n) is 1.76. The molecule has 0 saturated heterocycles. The molecule has 3 rings (SSSR count). The van der Waals surface area contributed by atoms with Crippen molar-refractivity contribution in [2.45, 2.75) is 6.23 Å². The van der Waals surface area contributed by atoms with E-state index in [2.05, 4.69) is 5.32 Å². The van der Waals surface area contributed by atoms with Crippen LogP contribution in [0, 0.1) is 0 Å². The highest BCUT2D eigenvalue weighted by Gasteiger charge is 2.25. The maximum absolute atomic E-state index is 11.7. The van der Waals surface area contributed by atoms with Gasteiger partial charge in [0.15, 0.2) is 6.23 Å². The number of aliphatic hydroxyl groups excluding tert-OH is 1. The summed E-state index contributed by atoms with van der Waals surface area (Å²) in [6.07, 6.45) is 0.900. The lowest BCUT2D eigenvalue weighted by atomic mass is 10.3. The van der Waals surface area contributed by atoms with Crippen molar-refractivity contribution in [2.24, 2.45) is 0 Å². The highest BCUT2D eigenvalue weighted by molar-refractivity contribution is 7.12. The second-order valence-corrected chi connectivity index (χ2v) is 4.23. The van der Waals surface area contributed by atoms with Crippen LogP contribution in [0.25, 0.3) is 5.69 Å². The monoisotopic (exact) mass is 220 g/mol. The average Bonchev–Trinajstić information content (AvgIpc) is 2.83. The summed E-state index contributed by atoms with van der Waals surface area (Å²) >= 11 is 1.37. The summed E-state index contributed by atoms with van der Waals surface area (Å²) in [4.78, 5) is 12.3. The second kappa shape index (κ2) is 2.95. The topological polar surface area (TPSA) is 54.3 Å². The molecule has 0 bridgehead atoms. The van der Waals surface area contributed by atoms with Crippen molar-refractivity contribution in [3.8, 4) is 5.69 Å². The Labute approximate surface area is 89.8 Å². The van der Waals surface area contributed by atoms with Crippen molar-refractivity contribution >= 4 is 17.2 Å². The normalized spacial score (nSPS) is 19.0. The van der Waals surface area contributed by atoms with E-state index in [0.29, 0.717) is 10.6 Å². The zero-order valence-corrected chi connectivity index (χ0v) is 8.49. The van der Waals surface area contributed by atoms with Gasteiger partial charge in [-0.3, -0.25) is 4.79 Å². The van der Waals surface area contributed by atoms with Crippen LogP contribution in [-0.4, -0.2) is 15.6 Å². The number of rotatable bonds is 0. The Hall–Kier alpha value is -1.59. The summed E-state index contributed by atoms with van der Waals surface area (Å²) in [5.74, 6) is -0.226. The van der Waals surface area contributed by atoms with Crippen LogP contribution < -0.4 is 5.32 Å². The minimum atomic E-state index is -0.938. The van der Waals surface area contributed by atoms with Gasteiger partial charge >= 0.3 is 0 Å². The van der Waals surface area contributed by atoms with Crippen molar-refractivity contribution in [3.05, 3.63) is 40.3 Å². The first-order valence-electron chi connectivity index (χ1n) is 4.51. The van der Waals surface area contributed by atoms with Gasteiger partial charge in [0, 0.05) is 6.20 Å². The molecule has 0 spiro atoms. The first kappa shape index (κ1) is 8.70. The number of nitrogens with zero attached hydrogens (tertiary/aromatic N) is 1. The first-order valence-corrected chi connectivity index (χ1v) is 5.39. The number of carbonyl (C=O) groups is 1. The molecule has 0 aromatic carbocycles. The van der Waals surface area contributed by atoms with Crippen LogP contribution in [-0.2, 0) is 0 Å². The molecule has 1 aliphatic rings. The van der Waals surface area contributed by atoms with Gasteiger partial charge in [-0.15, -0.1) is 11.3 Å². The van der Waals surface area contributed by atoms with Gasteiger partial charge in [0.25, 0.3) is 5.91 Å². The number of aromatic nitrogens is 1. The Balaban J connectivity index is 2.31. The summed E-state index contributed by atoms with van der Waals surface area (Å²) in [6, 6.07) is 5.51.